The van der Waals surface area contributed by atoms with E-state index >= 15 is 0 Å². The molecule has 2 aromatic rings. The number of hydrogen-bond acceptors (Lipinski definition) is 4. The van der Waals surface area contributed by atoms with Gasteiger partial charge >= 0.3 is 0 Å². The van der Waals surface area contributed by atoms with E-state index in [1.807, 2.05) is 0 Å². The highest BCUT2D eigenvalue weighted by atomic mass is 32.2. The number of rotatable bonds is 3. The van der Waals surface area contributed by atoms with Crippen LogP contribution in [-0.2, 0) is 10.0 Å². The van der Waals surface area contributed by atoms with E-state index < -0.39 is 21.7 Å². The maximum Gasteiger partial charge on any atom is 0.281 e. The average molecular weight is 285 g/mol. The summed E-state index contributed by atoms with van der Waals surface area (Å²) in [7, 11) is -4.05. The molecule has 1 aromatic heterocycles. The van der Waals surface area contributed by atoms with E-state index in [1.165, 1.54) is 18.3 Å². The topological polar surface area (TPSA) is 85.1 Å². The third-order valence-electron chi connectivity index (χ3n) is 2.23. The molecule has 0 atom stereocenters. The smallest absolute Gasteiger partial charge is 0.281 e. The molecule has 0 aliphatic heterocycles. The van der Waals surface area contributed by atoms with Crippen LogP contribution in [0.5, 0.6) is 0 Å². The number of nitrogen functional groups attached to an aromatic ring is 1. The van der Waals surface area contributed by atoms with Crippen molar-refractivity contribution in [2.45, 2.75) is 5.03 Å². The van der Waals surface area contributed by atoms with Crippen LogP contribution in [0.15, 0.2) is 41.6 Å². The molecule has 100 valence electrons. The molecule has 1 heterocycles. The van der Waals surface area contributed by atoms with Gasteiger partial charge < -0.3 is 5.73 Å². The van der Waals surface area contributed by atoms with Gasteiger partial charge in [0, 0.05) is 12.3 Å². The van der Waals surface area contributed by atoms with Gasteiger partial charge in [-0.2, -0.15) is 8.42 Å². The Morgan fingerprint density at radius 1 is 1.16 bits per heavy atom. The van der Waals surface area contributed by atoms with E-state index in [-0.39, 0.29) is 16.4 Å². The fourth-order valence-corrected chi connectivity index (χ4v) is 2.50. The zero-order valence-electron chi connectivity index (χ0n) is 9.47. The molecule has 0 saturated carbocycles. The lowest BCUT2D eigenvalue weighted by atomic mass is 10.3. The lowest BCUT2D eigenvalue weighted by Crippen LogP contribution is -2.16. The molecule has 0 bridgehead atoms. The van der Waals surface area contributed by atoms with Crippen LogP contribution in [0.4, 0.5) is 20.2 Å². The van der Waals surface area contributed by atoms with Gasteiger partial charge in [-0.25, -0.2) is 13.8 Å². The Morgan fingerprint density at radius 2 is 1.89 bits per heavy atom. The number of pyridine rings is 1. The highest BCUT2D eigenvalue weighted by molar-refractivity contribution is 7.92. The van der Waals surface area contributed by atoms with Gasteiger partial charge in [-0.05, 0) is 24.3 Å². The van der Waals surface area contributed by atoms with Crippen molar-refractivity contribution in [3.63, 3.8) is 0 Å². The number of halogens is 2. The fraction of sp³-hybridized carbons (Fsp3) is 0. The van der Waals surface area contributed by atoms with Crippen molar-refractivity contribution in [2.24, 2.45) is 0 Å². The molecule has 5 nitrogen and oxygen atoms in total. The molecule has 0 unspecified atom stereocenters. The van der Waals surface area contributed by atoms with E-state index in [2.05, 4.69) is 9.71 Å². The number of hydrogen-bond donors (Lipinski definition) is 2. The maximum atomic E-state index is 13.0. The molecule has 2 rings (SSSR count). The number of nitrogens with zero attached hydrogens (tertiary/aromatic N) is 1. The first-order chi connectivity index (χ1) is 8.90. The Morgan fingerprint density at radius 3 is 2.53 bits per heavy atom. The molecule has 0 aliphatic carbocycles. The minimum absolute atomic E-state index is 0.0439. The lowest BCUT2D eigenvalue weighted by Gasteiger charge is -2.09. The Labute approximate surface area is 108 Å². The molecule has 0 saturated heterocycles. The Kier molecular flexibility index (Phi) is 3.34. The van der Waals surface area contributed by atoms with E-state index in [0.717, 1.165) is 18.2 Å². The SMILES string of the molecule is Nc1cccnc1S(=O)(=O)Nc1ccc(F)c(F)c1. The molecule has 19 heavy (non-hydrogen) atoms. The molecule has 0 amide bonds. The Balaban J connectivity index is 2.37. The third kappa shape index (κ3) is 2.79. The molecule has 1 aromatic carbocycles. The third-order valence-corrected chi connectivity index (χ3v) is 3.58. The van der Waals surface area contributed by atoms with Crippen LogP contribution in [0.2, 0.25) is 0 Å². The second kappa shape index (κ2) is 4.81. The standard InChI is InChI=1S/C11H9F2N3O2S/c12-8-4-3-7(6-9(8)13)16-19(17,18)11-10(14)2-1-5-15-11/h1-6,16H,14H2. The van der Waals surface area contributed by atoms with Crippen molar-refractivity contribution < 1.29 is 17.2 Å². The van der Waals surface area contributed by atoms with Crippen LogP contribution in [0.1, 0.15) is 0 Å². The van der Waals surface area contributed by atoms with Gasteiger partial charge in [0.25, 0.3) is 10.0 Å². The zero-order valence-corrected chi connectivity index (χ0v) is 10.3. The summed E-state index contributed by atoms with van der Waals surface area (Å²) in [6.07, 6.45) is 1.26. The van der Waals surface area contributed by atoms with Gasteiger partial charge in [-0.3, -0.25) is 4.72 Å². The van der Waals surface area contributed by atoms with Crippen molar-refractivity contribution in [2.75, 3.05) is 10.5 Å². The number of sulfonamides is 1. The minimum atomic E-state index is -4.05. The second-order valence-electron chi connectivity index (χ2n) is 3.63. The van der Waals surface area contributed by atoms with Gasteiger partial charge in [0.2, 0.25) is 0 Å². The van der Waals surface area contributed by atoms with Crippen LogP contribution in [0.3, 0.4) is 0 Å². The lowest BCUT2D eigenvalue weighted by molar-refractivity contribution is 0.509. The minimum Gasteiger partial charge on any atom is -0.396 e. The summed E-state index contributed by atoms with van der Waals surface area (Å²) in [5.74, 6) is -2.23. The summed E-state index contributed by atoms with van der Waals surface area (Å²) in [4.78, 5) is 3.64. The predicted octanol–water partition coefficient (Wildman–Crippen LogP) is 1.74. The first-order valence-corrected chi connectivity index (χ1v) is 6.57. The number of nitrogens with one attached hydrogen (secondary N) is 1. The Hall–Kier alpha value is -2.22. The van der Waals surface area contributed by atoms with Crippen molar-refractivity contribution in [3.05, 3.63) is 48.2 Å². The fourth-order valence-electron chi connectivity index (χ4n) is 1.39. The summed E-state index contributed by atoms with van der Waals surface area (Å²) >= 11 is 0. The summed E-state index contributed by atoms with van der Waals surface area (Å²) < 4.78 is 51.7. The molecule has 0 radical (unpaired) electrons. The molecule has 0 aliphatic rings. The number of anilines is 2. The molecular formula is C11H9F2N3O2S. The molecular weight excluding hydrogens is 276 g/mol. The summed E-state index contributed by atoms with van der Waals surface area (Å²) in [5, 5.41) is -0.375. The van der Waals surface area contributed by atoms with Crippen LogP contribution in [-0.4, -0.2) is 13.4 Å². The number of aromatic nitrogens is 1. The van der Waals surface area contributed by atoms with Crippen LogP contribution < -0.4 is 10.5 Å². The first-order valence-electron chi connectivity index (χ1n) is 5.08. The van der Waals surface area contributed by atoms with Crippen LogP contribution in [0, 0.1) is 11.6 Å². The van der Waals surface area contributed by atoms with E-state index in [1.54, 1.807) is 0 Å². The molecule has 3 N–H and O–H groups in total. The van der Waals surface area contributed by atoms with Crippen LogP contribution in [0.25, 0.3) is 0 Å². The molecule has 0 spiro atoms. The van der Waals surface area contributed by atoms with Gasteiger partial charge in [-0.1, -0.05) is 0 Å². The second-order valence-corrected chi connectivity index (χ2v) is 5.23. The first kappa shape index (κ1) is 13.2. The van der Waals surface area contributed by atoms with Gasteiger partial charge in [0.1, 0.15) is 0 Å². The van der Waals surface area contributed by atoms with Crippen molar-refractivity contribution >= 4 is 21.4 Å². The Bertz CT molecular complexity index is 720. The monoisotopic (exact) mass is 285 g/mol. The van der Waals surface area contributed by atoms with Gasteiger partial charge in [-0.15, -0.1) is 0 Å². The largest absolute Gasteiger partial charge is 0.396 e. The van der Waals surface area contributed by atoms with Gasteiger partial charge in [0.15, 0.2) is 16.7 Å². The molecule has 8 heteroatoms. The van der Waals surface area contributed by atoms with Crippen molar-refractivity contribution in [1.82, 2.24) is 4.98 Å². The van der Waals surface area contributed by atoms with E-state index in [9.17, 15) is 17.2 Å². The summed E-state index contributed by atoms with van der Waals surface area (Å²) in [6.45, 7) is 0. The van der Waals surface area contributed by atoms with Crippen molar-refractivity contribution in [3.8, 4) is 0 Å². The summed E-state index contributed by atoms with van der Waals surface area (Å²) in [6, 6.07) is 5.48. The number of nitrogens with two attached hydrogens (primary N) is 1. The highest BCUT2D eigenvalue weighted by Crippen LogP contribution is 2.20. The van der Waals surface area contributed by atoms with Crippen LogP contribution >= 0.6 is 0 Å². The quantitative estimate of drug-likeness (QED) is 0.899. The van der Waals surface area contributed by atoms with Crippen molar-refractivity contribution in [1.29, 1.82) is 0 Å². The average Bonchev–Trinajstić information content (AvgIpc) is 2.34. The summed E-state index contributed by atoms with van der Waals surface area (Å²) in [5.41, 5.74) is 5.33. The zero-order chi connectivity index (χ0) is 14.0. The molecule has 0 fully saturated rings. The normalized spacial score (nSPS) is 11.3. The van der Waals surface area contributed by atoms with E-state index in [4.69, 9.17) is 5.73 Å². The maximum absolute atomic E-state index is 13.0. The highest BCUT2D eigenvalue weighted by Gasteiger charge is 2.19. The predicted molar refractivity (Wildman–Crippen MR) is 65.8 cm³/mol. The number of benzene rings is 1. The van der Waals surface area contributed by atoms with Gasteiger partial charge in [0.05, 0.1) is 11.4 Å². The van der Waals surface area contributed by atoms with E-state index in [0.29, 0.717) is 0 Å².